The second-order valence-electron chi connectivity index (χ2n) is 4.78. The molecule has 0 unspecified atom stereocenters. The highest BCUT2D eigenvalue weighted by Crippen LogP contribution is 2.15. The monoisotopic (exact) mass is 297 g/mol. The number of hydrogen-bond acceptors (Lipinski definition) is 3. The lowest BCUT2D eigenvalue weighted by Crippen LogP contribution is -2.23. The van der Waals surface area contributed by atoms with Gasteiger partial charge in [-0.2, -0.15) is 0 Å². The van der Waals surface area contributed by atoms with Crippen LogP contribution in [0.15, 0.2) is 53.6 Å². The first kappa shape index (κ1) is 13.6. The lowest BCUT2D eigenvalue weighted by atomic mass is 10.1. The number of hydrogen-bond donors (Lipinski definition) is 1. The normalized spacial score (nSPS) is 11.8. The van der Waals surface area contributed by atoms with Crippen LogP contribution in [0.2, 0.25) is 0 Å². The van der Waals surface area contributed by atoms with Crippen LogP contribution in [0, 0.1) is 6.92 Å². The van der Waals surface area contributed by atoms with Crippen LogP contribution in [-0.2, 0) is 7.05 Å². The summed E-state index contributed by atoms with van der Waals surface area (Å²) in [5, 5.41) is 4.24. The summed E-state index contributed by atoms with van der Waals surface area (Å²) < 4.78 is 3.11. The highest BCUT2D eigenvalue weighted by molar-refractivity contribution is 7.16. The molecule has 0 saturated heterocycles. The lowest BCUT2D eigenvalue weighted by Gasteiger charge is -2.02. The van der Waals surface area contributed by atoms with Crippen molar-refractivity contribution in [3.8, 4) is 0 Å². The van der Waals surface area contributed by atoms with Crippen LogP contribution in [-0.4, -0.2) is 10.5 Å². The maximum absolute atomic E-state index is 12.2. The zero-order chi connectivity index (χ0) is 14.8. The standard InChI is InChI=1S/C16H15N3OS/c1-11-7-3-4-8-12(11)15(20)17-18-16-19(2)13-9-5-6-10-14(13)21-16/h3-10H,1-2H3,(H,17,20)/b18-16+. The molecule has 0 aliphatic carbocycles. The van der Waals surface area contributed by atoms with E-state index >= 15 is 0 Å². The number of aromatic nitrogens is 1. The molecule has 1 heterocycles. The van der Waals surface area contributed by atoms with E-state index in [1.807, 2.05) is 61.0 Å². The summed E-state index contributed by atoms with van der Waals surface area (Å²) in [4.78, 5) is 12.9. The van der Waals surface area contributed by atoms with Crippen molar-refractivity contribution in [2.75, 3.05) is 0 Å². The fourth-order valence-corrected chi connectivity index (χ4v) is 3.15. The van der Waals surface area contributed by atoms with Crippen molar-refractivity contribution in [2.24, 2.45) is 12.1 Å². The molecule has 21 heavy (non-hydrogen) atoms. The molecule has 0 bridgehead atoms. The maximum atomic E-state index is 12.2. The van der Waals surface area contributed by atoms with Gasteiger partial charge in [-0.15, -0.1) is 5.10 Å². The van der Waals surface area contributed by atoms with Crippen molar-refractivity contribution >= 4 is 27.5 Å². The van der Waals surface area contributed by atoms with Crippen molar-refractivity contribution < 1.29 is 4.79 Å². The average molecular weight is 297 g/mol. The molecule has 0 saturated carbocycles. The molecule has 0 atom stereocenters. The molecule has 0 radical (unpaired) electrons. The Morgan fingerprint density at radius 1 is 1.14 bits per heavy atom. The molecule has 2 aromatic carbocycles. The second-order valence-corrected chi connectivity index (χ2v) is 5.79. The van der Waals surface area contributed by atoms with Gasteiger partial charge in [0.1, 0.15) is 0 Å². The third-order valence-corrected chi connectivity index (χ3v) is 4.47. The zero-order valence-electron chi connectivity index (χ0n) is 11.8. The van der Waals surface area contributed by atoms with Gasteiger partial charge >= 0.3 is 0 Å². The first-order valence-corrected chi connectivity index (χ1v) is 7.43. The summed E-state index contributed by atoms with van der Waals surface area (Å²) in [6, 6.07) is 15.5. The number of nitrogens with one attached hydrogen (secondary N) is 1. The molecule has 106 valence electrons. The average Bonchev–Trinajstić information content (AvgIpc) is 2.82. The van der Waals surface area contributed by atoms with Gasteiger partial charge in [-0.3, -0.25) is 4.79 Å². The van der Waals surface area contributed by atoms with Gasteiger partial charge in [0.25, 0.3) is 5.91 Å². The molecular weight excluding hydrogens is 282 g/mol. The Balaban J connectivity index is 1.93. The highest BCUT2D eigenvalue weighted by atomic mass is 32.1. The van der Waals surface area contributed by atoms with E-state index in [1.165, 1.54) is 0 Å². The van der Waals surface area contributed by atoms with Crippen molar-refractivity contribution in [1.29, 1.82) is 0 Å². The zero-order valence-corrected chi connectivity index (χ0v) is 12.6. The summed E-state index contributed by atoms with van der Waals surface area (Å²) in [5.74, 6) is -0.189. The number of nitrogens with zero attached hydrogens (tertiary/aromatic N) is 2. The number of carbonyl (C=O) groups is 1. The molecule has 3 aromatic rings. The molecule has 1 aromatic heterocycles. The summed E-state index contributed by atoms with van der Waals surface area (Å²) in [6.07, 6.45) is 0. The fourth-order valence-electron chi connectivity index (χ4n) is 2.17. The Morgan fingerprint density at radius 2 is 1.86 bits per heavy atom. The van der Waals surface area contributed by atoms with E-state index in [9.17, 15) is 4.79 Å². The number of benzene rings is 2. The third-order valence-electron chi connectivity index (χ3n) is 3.36. The van der Waals surface area contributed by atoms with Crippen molar-refractivity contribution in [3.05, 3.63) is 64.5 Å². The Morgan fingerprint density at radius 3 is 2.62 bits per heavy atom. The van der Waals surface area contributed by atoms with Crippen LogP contribution in [0.3, 0.4) is 0 Å². The summed E-state index contributed by atoms with van der Waals surface area (Å²) in [5.41, 5.74) is 5.32. The summed E-state index contributed by atoms with van der Waals surface area (Å²) in [7, 11) is 1.94. The van der Waals surface area contributed by atoms with Gasteiger partial charge in [0.05, 0.1) is 10.2 Å². The molecule has 0 aliphatic heterocycles. The smallest absolute Gasteiger partial charge is 0.271 e. The summed E-state index contributed by atoms with van der Waals surface area (Å²) >= 11 is 1.55. The largest absolute Gasteiger partial charge is 0.318 e. The number of rotatable bonds is 2. The molecule has 0 fully saturated rings. The Labute approximate surface area is 126 Å². The number of carbonyl (C=O) groups excluding carboxylic acids is 1. The first-order valence-electron chi connectivity index (χ1n) is 6.61. The molecule has 3 rings (SSSR count). The number of thiazole rings is 1. The van der Waals surface area contributed by atoms with E-state index < -0.39 is 0 Å². The SMILES string of the molecule is Cc1ccccc1C(=O)N/N=c1/sc2ccccc2n1C. The number of para-hydroxylation sites is 1. The van der Waals surface area contributed by atoms with E-state index in [-0.39, 0.29) is 5.91 Å². The van der Waals surface area contributed by atoms with E-state index in [1.54, 1.807) is 17.4 Å². The van der Waals surface area contributed by atoms with Crippen molar-refractivity contribution in [1.82, 2.24) is 9.99 Å². The molecule has 0 aliphatic rings. The van der Waals surface area contributed by atoms with Gasteiger partial charge < -0.3 is 4.57 Å². The van der Waals surface area contributed by atoms with Crippen LogP contribution in [0.5, 0.6) is 0 Å². The Kier molecular flexibility index (Phi) is 3.58. The Bertz CT molecular complexity index is 876. The van der Waals surface area contributed by atoms with Gasteiger partial charge in [0.15, 0.2) is 0 Å². The predicted octanol–water partition coefficient (Wildman–Crippen LogP) is 2.79. The van der Waals surface area contributed by atoms with Gasteiger partial charge in [-0.1, -0.05) is 41.7 Å². The lowest BCUT2D eigenvalue weighted by molar-refractivity contribution is 0.0952. The van der Waals surface area contributed by atoms with Crippen LogP contribution >= 0.6 is 11.3 Å². The molecule has 1 amide bonds. The van der Waals surface area contributed by atoms with Crippen LogP contribution in [0.1, 0.15) is 15.9 Å². The van der Waals surface area contributed by atoms with Crippen LogP contribution in [0.4, 0.5) is 0 Å². The molecule has 5 heteroatoms. The fraction of sp³-hybridized carbons (Fsp3) is 0.125. The molecule has 4 nitrogen and oxygen atoms in total. The van der Waals surface area contributed by atoms with E-state index in [4.69, 9.17) is 0 Å². The molecular formula is C16H15N3OS. The highest BCUT2D eigenvalue weighted by Gasteiger charge is 2.07. The molecule has 1 N–H and O–H groups in total. The van der Waals surface area contributed by atoms with E-state index in [2.05, 4.69) is 10.5 Å². The van der Waals surface area contributed by atoms with Gasteiger partial charge in [-0.05, 0) is 30.7 Å². The number of amides is 1. The van der Waals surface area contributed by atoms with Gasteiger partial charge in [-0.25, -0.2) is 5.43 Å². The number of aryl methyl sites for hydroxylation is 2. The minimum atomic E-state index is -0.189. The van der Waals surface area contributed by atoms with Crippen molar-refractivity contribution in [2.45, 2.75) is 6.92 Å². The second kappa shape index (κ2) is 5.54. The summed E-state index contributed by atoms with van der Waals surface area (Å²) in [6.45, 7) is 1.91. The predicted molar refractivity (Wildman–Crippen MR) is 85.0 cm³/mol. The first-order chi connectivity index (χ1) is 10.2. The maximum Gasteiger partial charge on any atom is 0.271 e. The van der Waals surface area contributed by atoms with Gasteiger partial charge in [0, 0.05) is 12.6 Å². The van der Waals surface area contributed by atoms with E-state index in [0.29, 0.717) is 5.56 Å². The van der Waals surface area contributed by atoms with Crippen LogP contribution < -0.4 is 10.2 Å². The minimum Gasteiger partial charge on any atom is -0.318 e. The van der Waals surface area contributed by atoms with Crippen LogP contribution in [0.25, 0.3) is 10.2 Å². The number of fused-ring (bicyclic) bond motifs is 1. The minimum absolute atomic E-state index is 0.189. The van der Waals surface area contributed by atoms with E-state index in [0.717, 1.165) is 20.6 Å². The topological polar surface area (TPSA) is 46.4 Å². The Hall–Kier alpha value is -2.40. The third kappa shape index (κ3) is 2.60. The quantitative estimate of drug-likeness (QED) is 0.726. The van der Waals surface area contributed by atoms with Crippen molar-refractivity contribution in [3.63, 3.8) is 0 Å². The van der Waals surface area contributed by atoms with Gasteiger partial charge in [0.2, 0.25) is 4.80 Å². The molecule has 0 spiro atoms.